The molecule has 0 saturated carbocycles. The van der Waals surface area contributed by atoms with E-state index in [4.69, 9.17) is 4.74 Å². The molecule has 0 fully saturated rings. The largest absolute Gasteiger partial charge is 0.616 e. The summed E-state index contributed by atoms with van der Waals surface area (Å²) >= 11 is 0.275. The number of ether oxygens (including phenoxy) is 1. The first-order valence-corrected chi connectivity index (χ1v) is 7.74. The lowest BCUT2D eigenvalue weighted by atomic mass is 10.2. The van der Waals surface area contributed by atoms with Gasteiger partial charge in [0.25, 0.3) is 5.88 Å². The van der Waals surface area contributed by atoms with Crippen molar-refractivity contribution < 1.29 is 9.29 Å². The predicted octanol–water partition coefficient (Wildman–Crippen LogP) is 1.75. The molecule has 96 valence electrons. The molecule has 0 spiro atoms. The lowest BCUT2D eigenvalue weighted by Gasteiger charge is -2.08. The molecule has 0 bridgehead atoms. The van der Waals surface area contributed by atoms with Gasteiger partial charge >= 0.3 is 0 Å². The number of pyridine rings is 1. The highest BCUT2D eigenvalue weighted by molar-refractivity contribution is 7.91. The van der Waals surface area contributed by atoms with E-state index in [-0.39, 0.29) is 0 Å². The van der Waals surface area contributed by atoms with E-state index in [1.165, 1.54) is 0 Å². The zero-order chi connectivity index (χ0) is 12.8. The van der Waals surface area contributed by atoms with Crippen molar-refractivity contribution in [1.29, 1.82) is 0 Å². The molecule has 0 aliphatic rings. The van der Waals surface area contributed by atoms with Gasteiger partial charge < -0.3 is 9.29 Å². The minimum Gasteiger partial charge on any atom is -0.616 e. The molecule has 7 heteroatoms. The summed E-state index contributed by atoms with van der Waals surface area (Å²) in [5, 5.41) is 0. The molecule has 5 nitrogen and oxygen atoms in total. The number of aromatic nitrogens is 3. The van der Waals surface area contributed by atoms with E-state index in [9.17, 15) is 4.55 Å². The number of rotatable bonds is 6. The maximum Gasteiger partial charge on any atom is 0.254 e. The van der Waals surface area contributed by atoms with Crippen LogP contribution >= 0.6 is 11.7 Å². The van der Waals surface area contributed by atoms with Crippen LogP contribution in [-0.2, 0) is 11.2 Å². The maximum absolute atomic E-state index is 11.3. The third kappa shape index (κ3) is 3.41. The van der Waals surface area contributed by atoms with E-state index in [2.05, 4.69) is 13.7 Å². The third-order valence-electron chi connectivity index (χ3n) is 2.27. The van der Waals surface area contributed by atoms with Crippen LogP contribution in [0, 0.1) is 0 Å². The molecule has 0 N–H and O–H groups in total. The quantitative estimate of drug-likeness (QED) is 0.755. The van der Waals surface area contributed by atoms with E-state index in [1.54, 1.807) is 12.4 Å². The smallest absolute Gasteiger partial charge is 0.254 e. The first-order valence-electron chi connectivity index (χ1n) is 5.52. The Morgan fingerprint density at radius 2 is 2.33 bits per heavy atom. The van der Waals surface area contributed by atoms with Gasteiger partial charge in [-0.3, -0.25) is 4.98 Å². The Hall–Kier alpha value is -1.18. The third-order valence-corrected chi connectivity index (χ3v) is 4.04. The highest BCUT2D eigenvalue weighted by Crippen LogP contribution is 2.26. The molecule has 0 aliphatic heterocycles. The zero-order valence-electron chi connectivity index (χ0n) is 9.91. The summed E-state index contributed by atoms with van der Waals surface area (Å²) in [7, 11) is 0. The molecule has 18 heavy (non-hydrogen) atoms. The summed E-state index contributed by atoms with van der Waals surface area (Å²) in [6.07, 6.45) is 3.42. The van der Waals surface area contributed by atoms with Crippen molar-refractivity contribution in [3.63, 3.8) is 0 Å². The Morgan fingerprint density at radius 1 is 1.44 bits per heavy atom. The second-order valence-electron chi connectivity index (χ2n) is 3.44. The van der Waals surface area contributed by atoms with Crippen molar-refractivity contribution >= 4 is 22.9 Å². The Kier molecular flexibility index (Phi) is 4.91. The van der Waals surface area contributed by atoms with E-state index in [0.717, 1.165) is 17.3 Å². The Labute approximate surface area is 113 Å². The van der Waals surface area contributed by atoms with Gasteiger partial charge in [0.2, 0.25) is 0 Å². The average molecular weight is 283 g/mol. The summed E-state index contributed by atoms with van der Waals surface area (Å²) in [5.74, 6) is 1.65. The van der Waals surface area contributed by atoms with Crippen LogP contribution in [0.4, 0.5) is 0 Å². The van der Waals surface area contributed by atoms with Crippen molar-refractivity contribution in [2.75, 3.05) is 18.1 Å². The molecule has 0 radical (unpaired) electrons. The standard InChI is InChI=1S/C11H13N3O2S2/c1-2-18(15)7-6-16-11-10(13-17-14-11)9-4-3-5-12-8-9/h3-5,8H,2,6-7H2,1H3. The molecular weight excluding hydrogens is 270 g/mol. The first kappa shape index (κ1) is 13.3. The van der Waals surface area contributed by atoms with Crippen LogP contribution in [-0.4, -0.2) is 36.4 Å². The summed E-state index contributed by atoms with van der Waals surface area (Å²) in [6, 6.07) is 3.74. The van der Waals surface area contributed by atoms with Gasteiger partial charge in [0, 0.05) is 18.0 Å². The molecule has 2 rings (SSSR count). The Morgan fingerprint density at radius 3 is 3.06 bits per heavy atom. The van der Waals surface area contributed by atoms with Crippen LogP contribution in [0.3, 0.4) is 0 Å². The molecule has 1 unspecified atom stereocenters. The minimum atomic E-state index is -0.822. The zero-order valence-corrected chi connectivity index (χ0v) is 11.5. The number of nitrogens with zero attached hydrogens (tertiary/aromatic N) is 3. The summed E-state index contributed by atoms with van der Waals surface area (Å²) in [6.45, 7) is 2.28. The number of hydrogen-bond donors (Lipinski definition) is 0. The van der Waals surface area contributed by atoms with E-state index < -0.39 is 11.2 Å². The molecule has 0 saturated heterocycles. The van der Waals surface area contributed by atoms with E-state index in [1.807, 2.05) is 19.1 Å². The van der Waals surface area contributed by atoms with Gasteiger partial charge in [-0.05, 0) is 19.1 Å². The first-order chi connectivity index (χ1) is 8.81. The fraction of sp³-hybridized carbons (Fsp3) is 0.364. The maximum atomic E-state index is 11.3. The van der Waals surface area contributed by atoms with Crippen LogP contribution in [0.15, 0.2) is 24.5 Å². The predicted molar refractivity (Wildman–Crippen MR) is 72.2 cm³/mol. The van der Waals surface area contributed by atoms with Crippen molar-refractivity contribution in [1.82, 2.24) is 13.7 Å². The normalized spacial score (nSPS) is 12.3. The van der Waals surface area contributed by atoms with Crippen molar-refractivity contribution in [2.45, 2.75) is 6.92 Å². The van der Waals surface area contributed by atoms with Gasteiger partial charge in [0.05, 0.1) is 11.7 Å². The molecule has 1 atom stereocenters. The lowest BCUT2D eigenvalue weighted by molar-refractivity contribution is 0.332. The van der Waals surface area contributed by atoms with Crippen LogP contribution in [0.1, 0.15) is 6.92 Å². The highest BCUT2D eigenvalue weighted by Gasteiger charge is 2.13. The van der Waals surface area contributed by atoms with Crippen LogP contribution in [0.25, 0.3) is 11.3 Å². The molecule has 2 aromatic rings. The molecule has 0 aromatic carbocycles. The molecule has 2 heterocycles. The van der Waals surface area contributed by atoms with Gasteiger partial charge in [0.1, 0.15) is 23.8 Å². The second kappa shape index (κ2) is 6.67. The van der Waals surface area contributed by atoms with Gasteiger partial charge in [-0.15, -0.1) is 4.37 Å². The minimum absolute atomic E-state index is 0.388. The van der Waals surface area contributed by atoms with E-state index in [0.29, 0.717) is 29.7 Å². The summed E-state index contributed by atoms with van der Waals surface area (Å²) < 4.78 is 25.1. The van der Waals surface area contributed by atoms with Gasteiger partial charge in [-0.1, -0.05) is 11.2 Å². The molecule has 0 amide bonds. The highest BCUT2D eigenvalue weighted by atomic mass is 32.2. The van der Waals surface area contributed by atoms with Crippen LogP contribution in [0.5, 0.6) is 5.88 Å². The topological polar surface area (TPSA) is 71.0 Å². The molecule has 0 aliphatic carbocycles. The van der Waals surface area contributed by atoms with Crippen molar-refractivity contribution in [3.05, 3.63) is 24.5 Å². The van der Waals surface area contributed by atoms with Crippen LogP contribution < -0.4 is 4.74 Å². The second-order valence-corrected chi connectivity index (χ2v) is 5.83. The van der Waals surface area contributed by atoms with Crippen molar-refractivity contribution in [3.8, 4) is 17.1 Å². The van der Waals surface area contributed by atoms with Gasteiger partial charge in [0.15, 0.2) is 0 Å². The molecule has 2 aromatic heterocycles. The van der Waals surface area contributed by atoms with Gasteiger partial charge in [-0.25, -0.2) is 0 Å². The monoisotopic (exact) mass is 283 g/mol. The lowest BCUT2D eigenvalue weighted by Crippen LogP contribution is -2.15. The average Bonchev–Trinajstić information content (AvgIpc) is 2.88. The van der Waals surface area contributed by atoms with E-state index >= 15 is 0 Å². The van der Waals surface area contributed by atoms with Gasteiger partial charge in [-0.2, -0.15) is 4.37 Å². The fourth-order valence-electron chi connectivity index (χ4n) is 1.33. The SMILES string of the molecule is CC[S+]([O-])CCOc1nsnc1-c1cccnc1. The summed E-state index contributed by atoms with van der Waals surface area (Å²) in [5.41, 5.74) is 1.56. The Bertz CT molecular complexity index is 478. The Balaban J connectivity index is 2.00. The number of hydrogen-bond acceptors (Lipinski definition) is 6. The van der Waals surface area contributed by atoms with Crippen LogP contribution in [0.2, 0.25) is 0 Å². The summed E-state index contributed by atoms with van der Waals surface area (Å²) in [4.78, 5) is 4.04. The molecular formula is C11H13N3O2S2. The van der Waals surface area contributed by atoms with Crippen molar-refractivity contribution in [2.24, 2.45) is 0 Å². The fourth-order valence-corrected chi connectivity index (χ4v) is 2.41.